The van der Waals surface area contributed by atoms with Crippen LogP contribution in [0.1, 0.15) is 41.0 Å². The molecule has 10 nitrogen and oxygen atoms in total. The maximum absolute atomic E-state index is 14.9. The molecule has 10 heteroatoms. The van der Waals surface area contributed by atoms with Gasteiger partial charge in [-0.3, -0.25) is 14.4 Å². The number of aliphatic hydroxyl groups is 1. The van der Waals surface area contributed by atoms with E-state index in [2.05, 4.69) is 18.7 Å². The van der Waals surface area contributed by atoms with E-state index in [9.17, 15) is 19.5 Å². The van der Waals surface area contributed by atoms with Gasteiger partial charge in [-0.05, 0) is 75.2 Å². The number of anilines is 3. The van der Waals surface area contributed by atoms with Crippen LogP contribution in [-0.4, -0.2) is 90.9 Å². The molecule has 1 unspecified atom stereocenters. The van der Waals surface area contributed by atoms with Crippen LogP contribution >= 0.6 is 0 Å². The Hall–Kier alpha value is -4.15. The first-order valence-corrected chi connectivity index (χ1v) is 17.4. The Kier molecular flexibility index (Phi) is 9.67. The first-order valence-electron chi connectivity index (χ1n) is 17.4. The molecule has 2 aromatic rings. The topological polar surface area (TPSA) is 103 Å². The summed E-state index contributed by atoms with van der Waals surface area (Å²) in [5.74, 6) is -2.05. The molecule has 7 atom stereocenters. The van der Waals surface area contributed by atoms with Crippen molar-refractivity contribution in [1.82, 2.24) is 4.90 Å². The molecule has 3 amide bonds. The molecule has 4 aliphatic rings. The first-order chi connectivity index (χ1) is 23.2. The van der Waals surface area contributed by atoms with Crippen LogP contribution in [0.15, 0.2) is 72.8 Å². The molecule has 6 rings (SSSR count). The van der Waals surface area contributed by atoms with Crippen molar-refractivity contribution in [2.45, 2.75) is 64.8 Å². The maximum atomic E-state index is 14.9. The lowest BCUT2D eigenvalue weighted by Gasteiger charge is -2.40. The van der Waals surface area contributed by atoms with E-state index in [4.69, 9.17) is 9.47 Å². The van der Waals surface area contributed by atoms with Crippen molar-refractivity contribution in [3.8, 4) is 5.75 Å². The summed E-state index contributed by atoms with van der Waals surface area (Å²) in [6.45, 7) is 12.7. The number of ether oxygens (including phenoxy) is 2. The number of likely N-dealkylation sites (tertiary alicyclic amines) is 1. The zero-order valence-electron chi connectivity index (χ0n) is 28.6. The summed E-state index contributed by atoms with van der Waals surface area (Å²) in [5, 5.41) is 10.7. The van der Waals surface area contributed by atoms with Crippen LogP contribution in [0.25, 0.3) is 0 Å². The largest absolute Gasteiger partial charge is 0.494 e. The van der Waals surface area contributed by atoms with Crippen LogP contribution in [0.5, 0.6) is 5.75 Å². The van der Waals surface area contributed by atoms with E-state index in [0.717, 1.165) is 18.8 Å². The number of benzene rings is 2. The van der Waals surface area contributed by atoms with Crippen LogP contribution in [0.3, 0.4) is 0 Å². The van der Waals surface area contributed by atoms with Gasteiger partial charge in [0.25, 0.3) is 5.91 Å². The van der Waals surface area contributed by atoms with E-state index in [-0.39, 0.29) is 36.8 Å². The van der Waals surface area contributed by atoms with E-state index < -0.39 is 35.6 Å². The third-order valence-electron chi connectivity index (χ3n) is 10.7. The summed E-state index contributed by atoms with van der Waals surface area (Å²) in [6, 6.07) is 13.6. The van der Waals surface area contributed by atoms with Crippen molar-refractivity contribution in [1.29, 1.82) is 0 Å². The van der Waals surface area contributed by atoms with Crippen LogP contribution in [0.4, 0.5) is 17.1 Å². The number of aliphatic hydroxyl groups excluding tert-OH is 1. The Morgan fingerprint density at radius 1 is 0.896 bits per heavy atom. The summed E-state index contributed by atoms with van der Waals surface area (Å²) >= 11 is 0. The zero-order chi connectivity index (χ0) is 34.2. The lowest BCUT2D eigenvalue weighted by atomic mass is 9.77. The van der Waals surface area contributed by atoms with Crippen molar-refractivity contribution < 1.29 is 29.0 Å². The summed E-state index contributed by atoms with van der Waals surface area (Å²) in [7, 11) is 0. The normalized spacial score (nSPS) is 27.7. The predicted molar refractivity (Wildman–Crippen MR) is 186 cm³/mol. The molecule has 48 heavy (non-hydrogen) atoms. The Balaban J connectivity index is 1.41. The lowest BCUT2D eigenvalue weighted by Crippen LogP contribution is -2.59. The summed E-state index contributed by atoms with van der Waals surface area (Å²) in [4.78, 5) is 51.5. The van der Waals surface area contributed by atoms with Crippen LogP contribution < -0.4 is 19.4 Å². The average molecular weight is 657 g/mol. The number of amides is 3. The van der Waals surface area contributed by atoms with Crippen molar-refractivity contribution >= 4 is 34.8 Å². The fourth-order valence-corrected chi connectivity index (χ4v) is 8.03. The van der Waals surface area contributed by atoms with Gasteiger partial charge in [0.2, 0.25) is 11.8 Å². The molecule has 4 aliphatic heterocycles. The molecule has 2 fully saturated rings. The fourth-order valence-electron chi connectivity index (χ4n) is 8.03. The summed E-state index contributed by atoms with van der Waals surface area (Å²) in [6.07, 6.45) is 7.50. The highest BCUT2D eigenvalue weighted by atomic mass is 16.5. The van der Waals surface area contributed by atoms with Gasteiger partial charge in [0.05, 0.1) is 37.2 Å². The molecule has 0 aliphatic carbocycles. The quantitative estimate of drug-likeness (QED) is 0.357. The van der Waals surface area contributed by atoms with E-state index >= 15 is 0 Å². The Morgan fingerprint density at radius 2 is 1.52 bits per heavy atom. The number of rotatable bonds is 11. The standard InChI is InChI=1S/C38H48N4O6/c1-6-25(5)30(24-43)42-34-37(46)41(27-15-13-26(14-16-27)39(7-2)8-3)23-11-21-38(34)33(36(42)45)32-31(48-38)12-10-22-40(35(32)44)28-17-19-29(20-18-28)47-9-4/h10-21,25,30-34,43H,6-9,22-24H2,1-5H3/t25-,30-,31+,32-,33-,34?,38-/m0/s1. The molecule has 0 radical (unpaired) electrons. The van der Waals surface area contributed by atoms with Crippen LogP contribution in [0.2, 0.25) is 0 Å². The minimum atomic E-state index is -1.39. The number of nitrogens with zero attached hydrogens (tertiary/aromatic N) is 4. The van der Waals surface area contributed by atoms with Crippen molar-refractivity contribution in [2.24, 2.45) is 17.8 Å². The third-order valence-corrected chi connectivity index (χ3v) is 10.7. The van der Waals surface area contributed by atoms with E-state index in [1.165, 1.54) is 0 Å². The monoisotopic (exact) mass is 656 g/mol. The van der Waals surface area contributed by atoms with E-state index in [0.29, 0.717) is 36.7 Å². The number of carbonyl (C=O) groups is 3. The van der Waals surface area contributed by atoms with Gasteiger partial charge < -0.3 is 34.2 Å². The van der Waals surface area contributed by atoms with E-state index in [1.807, 2.05) is 93.6 Å². The Bertz CT molecular complexity index is 1550. The van der Waals surface area contributed by atoms with Crippen LogP contribution in [-0.2, 0) is 19.1 Å². The number of hydrogen-bond acceptors (Lipinski definition) is 7. The smallest absolute Gasteiger partial charge is 0.253 e. The zero-order valence-corrected chi connectivity index (χ0v) is 28.6. The van der Waals surface area contributed by atoms with Gasteiger partial charge in [-0.25, -0.2) is 0 Å². The van der Waals surface area contributed by atoms with Gasteiger partial charge in [-0.2, -0.15) is 0 Å². The van der Waals surface area contributed by atoms with Gasteiger partial charge in [0.15, 0.2) is 0 Å². The van der Waals surface area contributed by atoms with Gasteiger partial charge in [-0.15, -0.1) is 0 Å². The number of fused-ring (bicyclic) bond motifs is 2. The second-order valence-electron chi connectivity index (χ2n) is 13.1. The van der Waals surface area contributed by atoms with Gasteiger partial charge >= 0.3 is 0 Å². The molecule has 1 N–H and O–H groups in total. The summed E-state index contributed by atoms with van der Waals surface area (Å²) < 4.78 is 12.5. The summed E-state index contributed by atoms with van der Waals surface area (Å²) in [5.41, 5.74) is 1.08. The Morgan fingerprint density at radius 3 is 2.12 bits per heavy atom. The SMILES string of the molecule is CCOc1ccc(N2CC=C[C@H]3O[C@]45C=CCN(c6ccc(N(CC)CC)cc6)C(=O)C4N([C@@H](CO)[C@@H](C)CC)C(=O)[C@@H]5[C@H]3C2=O)cc1. The molecular weight excluding hydrogens is 608 g/mol. The second kappa shape index (κ2) is 13.8. The van der Waals surface area contributed by atoms with Crippen molar-refractivity contribution in [3.05, 3.63) is 72.8 Å². The maximum Gasteiger partial charge on any atom is 0.253 e. The molecule has 256 valence electrons. The molecule has 0 aromatic heterocycles. The second-order valence-corrected chi connectivity index (χ2v) is 13.1. The molecule has 0 bridgehead atoms. The van der Waals surface area contributed by atoms with Gasteiger partial charge in [-0.1, -0.05) is 44.6 Å². The minimum absolute atomic E-state index is 0.0995. The van der Waals surface area contributed by atoms with Gasteiger partial charge in [0.1, 0.15) is 17.4 Å². The highest BCUT2D eigenvalue weighted by molar-refractivity contribution is 6.07. The highest BCUT2D eigenvalue weighted by Gasteiger charge is 2.72. The molecule has 0 saturated carbocycles. The molecule has 4 heterocycles. The number of carbonyl (C=O) groups excluding carboxylic acids is 3. The molecule has 1 spiro atoms. The fraction of sp³-hybridized carbons (Fsp3) is 0.500. The van der Waals surface area contributed by atoms with Crippen LogP contribution in [0, 0.1) is 17.8 Å². The van der Waals surface area contributed by atoms with Crippen molar-refractivity contribution in [2.75, 3.05) is 54.1 Å². The molecule has 2 aromatic carbocycles. The minimum Gasteiger partial charge on any atom is -0.494 e. The third kappa shape index (κ3) is 5.48. The number of hydrogen-bond donors (Lipinski definition) is 1. The molecular formula is C38H48N4O6. The average Bonchev–Trinajstić information content (AvgIpc) is 3.41. The Labute approximate surface area is 283 Å². The first kappa shape index (κ1) is 33.7. The van der Waals surface area contributed by atoms with Crippen molar-refractivity contribution in [3.63, 3.8) is 0 Å². The molecule has 2 saturated heterocycles. The highest BCUT2D eigenvalue weighted by Crippen LogP contribution is 2.54. The van der Waals surface area contributed by atoms with Gasteiger partial charge in [0, 0.05) is 43.2 Å². The lowest BCUT2D eigenvalue weighted by molar-refractivity contribution is -0.145. The predicted octanol–water partition coefficient (Wildman–Crippen LogP) is 4.43. The van der Waals surface area contributed by atoms with E-state index in [1.54, 1.807) is 14.7 Å².